The standard InChI is InChI=1S/C12H22O2S/c1-8(7-9(2)13)10(3)11(14)15-12(4,5)6/h8,10H,7H2,1-6H3. The molecule has 2 unspecified atom stereocenters. The van der Waals surface area contributed by atoms with Crippen molar-refractivity contribution in [1.82, 2.24) is 0 Å². The Morgan fingerprint density at radius 3 is 2.00 bits per heavy atom. The van der Waals surface area contributed by atoms with Crippen molar-refractivity contribution in [3.05, 3.63) is 0 Å². The highest BCUT2D eigenvalue weighted by Crippen LogP contribution is 2.30. The quantitative estimate of drug-likeness (QED) is 0.743. The highest BCUT2D eigenvalue weighted by molar-refractivity contribution is 8.14. The van der Waals surface area contributed by atoms with Gasteiger partial charge in [-0.25, -0.2) is 0 Å². The van der Waals surface area contributed by atoms with Gasteiger partial charge in [0.15, 0.2) is 5.12 Å². The van der Waals surface area contributed by atoms with Crippen LogP contribution in [-0.2, 0) is 9.59 Å². The number of carbonyl (C=O) groups excluding carboxylic acids is 2. The first-order valence-electron chi connectivity index (χ1n) is 5.36. The smallest absolute Gasteiger partial charge is 0.192 e. The minimum absolute atomic E-state index is 0.0404. The molecule has 2 atom stereocenters. The zero-order chi connectivity index (χ0) is 12.2. The monoisotopic (exact) mass is 230 g/mol. The molecule has 0 aromatic heterocycles. The number of ketones is 1. The Bertz CT molecular complexity index is 240. The number of hydrogen-bond donors (Lipinski definition) is 0. The Kier molecular flexibility index (Phi) is 5.57. The third-order valence-corrected chi connectivity index (χ3v) is 3.43. The average molecular weight is 230 g/mol. The Balaban J connectivity index is 4.25. The third-order valence-electron chi connectivity index (χ3n) is 2.24. The molecule has 0 rings (SSSR count). The van der Waals surface area contributed by atoms with Gasteiger partial charge in [0.05, 0.1) is 0 Å². The number of thioether (sulfide) groups is 1. The van der Waals surface area contributed by atoms with Crippen LogP contribution >= 0.6 is 11.8 Å². The van der Waals surface area contributed by atoms with E-state index in [4.69, 9.17) is 0 Å². The lowest BCUT2D eigenvalue weighted by atomic mass is 9.92. The lowest BCUT2D eigenvalue weighted by Crippen LogP contribution is -2.22. The van der Waals surface area contributed by atoms with Crippen molar-refractivity contribution in [3.8, 4) is 0 Å². The molecule has 88 valence electrons. The number of carbonyl (C=O) groups is 2. The van der Waals surface area contributed by atoms with Crippen molar-refractivity contribution in [2.45, 2.75) is 52.7 Å². The maximum Gasteiger partial charge on any atom is 0.192 e. The largest absolute Gasteiger partial charge is 0.300 e. The van der Waals surface area contributed by atoms with Gasteiger partial charge in [0.25, 0.3) is 0 Å². The minimum atomic E-state index is -0.0434. The summed E-state index contributed by atoms with van der Waals surface area (Å²) in [5, 5.41) is 0.191. The molecule has 0 aliphatic heterocycles. The second kappa shape index (κ2) is 5.69. The highest BCUT2D eigenvalue weighted by atomic mass is 32.2. The van der Waals surface area contributed by atoms with Gasteiger partial charge in [-0.05, 0) is 12.8 Å². The Labute approximate surface area is 97.2 Å². The molecule has 0 heterocycles. The van der Waals surface area contributed by atoms with Crippen LogP contribution in [0.25, 0.3) is 0 Å². The fourth-order valence-corrected chi connectivity index (χ4v) is 2.28. The van der Waals surface area contributed by atoms with Gasteiger partial charge >= 0.3 is 0 Å². The fourth-order valence-electron chi connectivity index (χ4n) is 1.26. The fraction of sp³-hybridized carbons (Fsp3) is 0.833. The lowest BCUT2D eigenvalue weighted by Gasteiger charge is -2.22. The average Bonchev–Trinajstić information content (AvgIpc) is 1.98. The second-order valence-corrected chi connectivity index (χ2v) is 7.04. The SMILES string of the molecule is CC(=O)CC(C)C(C)C(=O)SC(C)(C)C. The van der Waals surface area contributed by atoms with E-state index in [1.54, 1.807) is 6.92 Å². The second-order valence-electron chi connectivity index (χ2n) is 5.21. The zero-order valence-electron chi connectivity index (χ0n) is 10.6. The van der Waals surface area contributed by atoms with E-state index in [0.717, 1.165) is 0 Å². The van der Waals surface area contributed by atoms with E-state index in [0.29, 0.717) is 6.42 Å². The lowest BCUT2D eigenvalue weighted by molar-refractivity contribution is -0.119. The van der Waals surface area contributed by atoms with E-state index in [2.05, 4.69) is 0 Å². The van der Waals surface area contributed by atoms with Crippen molar-refractivity contribution in [3.63, 3.8) is 0 Å². The predicted molar refractivity (Wildman–Crippen MR) is 66.0 cm³/mol. The van der Waals surface area contributed by atoms with E-state index < -0.39 is 0 Å². The summed E-state index contributed by atoms with van der Waals surface area (Å²) in [5.41, 5.74) is 0. The van der Waals surface area contributed by atoms with Crippen LogP contribution < -0.4 is 0 Å². The zero-order valence-corrected chi connectivity index (χ0v) is 11.4. The van der Waals surface area contributed by atoms with E-state index in [1.807, 2.05) is 34.6 Å². The Hall–Kier alpha value is -0.310. The predicted octanol–water partition coefficient (Wildman–Crippen LogP) is 3.30. The van der Waals surface area contributed by atoms with Crippen molar-refractivity contribution in [1.29, 1.82) is 0 Å². The molecule has 0 saturated heterocycles. The summed E-state index contributed by atoms with van der Waals surface area (Å²) >= 11 is 1.37. The molecule has 0 amide bonds. The molecule has 0 saturated carbocycles. The van der Waals surface area contributed by atoms with Crippen molar-refractivity contribution >= 4 is 22.7 Å². The molecule has 3 heteroatoms. The molecule has 0 fully saturated rings. The molecule has 2 nitrogen and oxygen atoms in total. The molecule has 0 radical (unpaired) electrons. The van der Waals surface area contributed by atoms with Gasteiger partial charge in [0, 0.05) is 17.1 Å². The molecule has 0 spiro atoms. The summed E-state index contributed by atoms with van der Waals surface area (Å²) in [4.78, 5) is 22.8. The van der Waals surface area contributed by atoms with E-state index >= 15 is 0 Å². The molecule has 15 heavy (non-hydrogen) atoms. The first-order chi connectivity index (χ1) is 6.63. The van der Waals surface area contributed by atoms with Gasteiger partial charge in [-0.2, -0.15) is 0 Å². The van der Waals surface area contributed by atoms with Gasteiger partial charge < -0.3 is 4.79 Å². The van der Waals surface area contributed by atoms with Gasteiger partial charge in [-0.1, -0.05) is 46.4 Å². The van der Waals surface area contributed by atoms with Crippen LogP contribution in [0.15, 0.2) is 0 Å². The van der Waals surface area contributed by atoms with Crippen LogP contribution in [-0.4, -0.2) is 15.6 Å². The maximum absolute atomic E-state index is 11.8. The molecular formula is C12H22O2S. The molecule has 0 bridgehead atoms. The third kappa shape index (κ3) is 6.72. The Morgan fingerprint density at radius 1 is 1.20 bits per heavy atom. The molecular weight excluding hydrogens is 208 g/mol. The van der Waals surface area contributed by atoms with E-state index in [-0.39, 0.29) is 27.5 Å². The van der Waals surface area contributed by atoms with Gasteiger partial charge in [0.2, 0.25) is 0 Å². The molecule has 0 aliphatic rings. The summed E-state index contributed by atoms with van der Waals surface area (Å²) in [6.45, 7) is 11.5. The number of hydrogen-bond acceptors (Lipinski definition) is 3. The number of Topliss-reactive ketones (excluding diaryl/α,β-unsaturated/α-hetero) is 1. The molecule has 0 aliphatic carbocycles. The van der Waals surface area contributed by atoms with Crippen LogP contribution in [0.1, 0.15) is 48.0 Å². The topological polar surface area (TPSA) is 34.1 Å². The van der Waals surface area contributed by atoms with Crippen LogP contribution in [0, 0.1) is 11.8 Å². The number of rotatable bonds is 4. The van der Waals surface area contributed by atoms with Gasteiger partial charge in [-0.15, -0.1) is 0 Å². The summed E-state index contributed by atoms with van der Waals surface area (Å²) < 4.78 is -0.0404. The van der Waals surface area contributed by atoms with Gasteiger partial charge in [-0.3, -0.25) is 4.79 Å². The van der Waals surface area contributed by atoms with Gasteiger partial charge in [0.1, 0.15) is 5.78 Å². The van der Waals surface area contributed by atoms with Crippen LogP contribution in [0.5, 0.6) is 0 Å². The Morgan fingerprint density at radius 2 is 1.67 bits per heavy atom. The normalized spacial score (nSPS) is 15.9. The van der Waals surface area contributed by atoms with Crippen molar-refractivity contribution in [2.75, 3.05) is 0 Å². The molecule has 0 N–H and O–H groups in total. The minimum Gasteiger partial charge on any atom is -0.300 e. The molecule has 0 aromatic rings. The van der Waals surface area contributed by atoms with Crippen molar-refractivity contribution < 1.29 is 9.59 Å². The highest BCUT2D eigenvalue weighted by Gasteiger charge is 2.25. The van der Waals surface area contributed by atoms with Crippen molar-refractivity contribution in [2.24, 2.45) is 11.8 Å². The summed E-state index contributed by atoms with van der Waals surface area (Å²) in [7, 11) is 0. The van der Waals surface area contributed by atoms with E-state index in [1.165, 1.54) is 11.8 Å². The first kappa shape index (κ1) is 14.7. The first-order valence-corrected chi connectivity index (χ1v) is 6.17. The maximum atomic E-state index is 11.8. The summed E-state index contributed by atoms with van der Waals surface area (Å²) in [6, 6.07) is 0. The van der Waals surface area contributed by atoms with Crippen LogP contribution in [0.4, 0.5) is 0 Å². The summed E-state index contributed by atoms with van der Waals surface area (Å²) in [5.74, 6) is 0.255. The van der Waals surface area contributed by atoms with Crippen LogP contribution in [0.2, 0.25) is 0 Å². The molecule has 0 aromatic carbocycles. The van der Waals surface area contributed by atoms with Crippen LogP contribution in [0.3, 0.4) is 0 Å². The van der Waals surface area contributed by atoms with E-state index in [9.17, 15) is 9.59 Å². The summed E-state index contributed by atoms with van der Waals surface area (Å²) in [6.07, 6.45) is 0.498.